The molecule has 0 aliphatic carbocycles. The van der Waals surface area contributed by atoms with Gasteiger partial charge in [-0.3, -0.25) is 9.79 Å². The summed E-state index contributed by atoms with van der Waals surface area (Å²) in [6.07, 6.45) is 0.950. The molecule has 1 aromatic carbocycles. The average Bonchev–Trinajstić information content (AvgIpc) is 2.51. The fourth-order valence-electron chi connectivity index (χ4n) is 1.82. The molecule has 23 heavy (non-hydrogen) atoms. The van der Waals surface area contributed by atoms with Gasteiger partial charge in [-0.15, -0.1) is 24.0 Å². The number of halogens is 1. The maximum atomic E-state index is 12.0. The fraction of sp³-hybridized carbons (Fsp3) is 0.529. The second-order valence-corrected chi connectivity index (χ2v) is 5.70. The van der Waals surface area contributed by atoms with Crippen molar-refractivity contribution in [2.45, 2.75) is 40.2 Å². The Bertz CT molecular complexity index is 517. The third kappa shape index (κ3) is 8.20. The van der Waals surface area contributed by atoms with Gasteiger partial charge in [0.15, 0.2) is 5.96 Å². The van der Waals surface area contributed by atoms with Gasteiger partial charge in [-0.2, -0.15) is 0 Å². The Morgan fingerprint density at radius 1 is 1.26 bits per heavy atom. The highest BCUT2D eigenvalue weighted by Crippen LogP contribution is 2.10. The Hall–Kier alpha value is -1.31. The Morgan fingerprint density at radius 3 is 2.52 bits per heavy atom. The minimum Gasteiger partial charge on any atom is -0.354 e. The topological polar surface area (TPSA) is 65.5 Å². The highest BCUT2D eigenvalue weighted by molar-refractivity contribution is 14.0. The van der Waals surface area contributed by atoms with Gasteiger partial charge in [0, 0.05) is 18.8 Å². The molecule has 1 unspecified atom stereocenters. The minimum atomic E-state index is -0.0894. The van der Waals surface area contributed by atoms with E-state index >= 15 is 0 Å². The maximum absolute atomic E-state index is 12.0. The van der Waals surface area contributed by atoms with Crippen molar-refractivity contribution in [1.82, 2.24) is 10.6 Å². The van der Waals surface area contributed by atoms with Gasteiger partial charge in [0.05, 0.1) is 6.54 Å². The van der Waals surface area contributed by atoms with Gasteiger partial charge in [-0.1, -0.05) is 32.9 Å². The van der Waals surface area contributed by atoms with E-state index < -0.39 is 0 Å². The highest BCUT2D eigenvalue weighted by Gasteiger charge is 2.10. The molecule has 0 fully saturated rings. The zero-order valence-electron chi connectivity index (χ0n) is 14.6. The van der Waals surface area contributed by atoms with Crippen molar-refractivity contribution in [3.63, 3.8) is 0 Å². The lowest BCUT2D eigenvalue weighted by molar-refractivity contribution is -0.115. The second-order valence-electron chi connectivity index (χ2n) is 5.70. The molecule has 0 spiro atoms. The number of amides is 1. The molecular formula is C17H29IN4O. The molecule has 0 aromatic heterocycles. The summed E-state index contributed by atoms with van der Waals surface area (Å²) >= 11 is 0. The van der Waals surface area contributed by atoms with Crippen LogP contribution in [0.15, 0.2) is 29.3 Å². The number of aliphatic imine (C=N–C) groups is 1. The van der Waals surface area contributed by atoms with Crippen molar-refractivity contribution in [1.29, 1.82) is 0 Å². The lowest BCUT2D eigenvalue weighted by atomic mass is 10.1. The third-order valence-electron chi connectivity index (χ3n) is 3.62. The summed E-state index contributed by atoms with van der Waals surface area (Å²) < 4.78 is 0. The molecule has 5 nitrogen and oxygen atoms in total. The van der Waals surface area contributed by atoms with E-state index in [1.807, 2.05) is 24.3 Å². The lowest BCUT2D eigenvalue weighted by Crippen LogP contribution is -2.46. The molecule has 0 saturated heterocycles. The number of guanidine groups is 1. The van der Waals surface area contributed by atoms with Crippen LogP contribution in [0.25, 0.3) is 0 Å². The molecule has 6 heteroatoms. The summed E-state index contributed by atoms with van der Waals surface area (Å²) in [4.78, 5) is 16.1. The number of hydrogen-bond acceptors (Lipinski definition) is 2. The number of nitrogens with one attached hydrogen (secondary N) is 3. The zero-order valence-corrected chi connectivity index (χ0v) is 17.0. The van der Waals surface area contributed by atoms with Gasteiger partial charge in [-0.25, -0.2) is 0 Å². The summed E-state index contributed by atoms with van der Waals surface area (Å²) in [5.41, 5.74) is 2.03. The lowest BCUT2D eigenvalue weighted by Gasteiger charge is -2.20. The third-order valence-corrected chi connectivity index (χ3v) is 3.62. The summed E-state index contributed by atoms with van der Waals surface area (Å²) in [6.45, 7) is 8.64. The number of anilines is 1. The molecular weight excluding hydrogens is 403 g/mol. The van der Waals surface area contributed by atoms with Crippen molar-refractivity contribution in [3.8, 4) is 0 Å². The summed E-state index contributed by atoms with van der Waals surface area (Å²) in [5, 5.41) is 9.18. The Morgan fingerprint density at radius 2 is 1.96 bits per heavy atom. The number of benzene rings is 1. The molecule has 1 amide bonds. The first kappa shape index (κ1) is 21.7. The molecule has 0 heterocycles. The van der Waals surface area contributed by atoms with Crippen LogP contribution in [-0.2, 0) is 11.2 Å². The van der Waals surface area contributed by atoms with Gasteiger partial charge < -0.3 is 16.0 Å². The van der Waals surface area contributed by atoms with Gasteiger partial charge in [0.25, 0.3) is 0 Å². The smallest absolute Gasteiger partial charge is 0.243 e. The average molecular weight is 432 g/mol. The van der Waals surface area contributed by atoms with Crippen LogP contribution in [0.1, 0.15) is 33.3 Å². The largest absolute Gasteiger partial charge is 0.354 e. The van der Waals surface area contributed by atoms with E-state index in [-0.39, 0.29) is 42.5 Å². The zero-order chi connectivity index (χ0) is 16.5. The number of carbonyl (C=O) groups excluding carboxylic acids is 1. The Kier molecular flexibility index (Phi) is 10.6. The first-order valence-electron chi connectivity index (χ1n) is 7.82. The van der Waals surface area contributed by atoms with Crippen LogP contribution >= 0.6 is 24.0 Å². The van der Waals surface area contributed by atoms with Gasteiger partial charge >= 0.3 is 0 Å². The number of aryl methyl sites for hydroxylation is 1. The second kappa shape index (κ2) is 11.3. The molecule has 0 saturated carbocycles. The first-order valence-corrected chi connectivity index (χ1v) is 7.82. The van der Waals surface area contributed by atoms with Crippen LogP contribution < -0.4 is 16.0 Å². The van der Waals surface area contributed by atoms with E-state index in [1.54, 1.807) is 7.05 Å². The minimum absolute atomic E-state index is 0. The highest BCUT2D eigenvalue weighted by atomic mass is 127. The van der Waals surface area contributed by atoms with Crippen LogP contribution in [0.4, 0.5) is 5.69 Å². The van der Waals surface area contributed by atoms with Crippen molar-refractivity contribution in [3.05, 3.63) is 29.8 Å². The monoisotopic (exact) mass is 432 g/mol. The predicted octanol–water partition coefficient (Wildman–Crippen LogP) is 3.02. The molecule has 0 aliphatic heterocycles. The van der Waals surface area contributed by atoms with E-state index in [4.69, 9.17) is 0 Å². The van der Waals surface area contributed by atoms with Crippen molar-refractivity contribution >= 4 is 41.5 Å². The van der Waals surface area contributed by atoms with Crippen LogP contribution in [-0.4, -0.2) is 31.5 Å². The van der Waals surface area contributed by atoms with E-state index in [1.165, 1.54) is 5.56 Å². The van der Waals surface area contributed by atoms with Gasteiger partial charge in [0.2, 0.25) is 5.91 Å². The molecule has 1 aromatic rings. The van der Waals surface area contributed by atoms with E-state index in [9.17, 15) is 4.79 Å². The van der Waals surface area contributed by atoms with Gasteiger partial charge in [-0.05, 0) is 37.0 Å². The van der Waals surface area contributed by atoms with Crippen molar-refractivity contribution < 1.29 is 4.79 Å². The van der Waals surface area contributed by atoms with Crippen LogP contribution in [0.3, 0.4) is 0 Å². The van der Waals surface area contributed by atoms with Crippen molar-refractivity contribution in [2.75, 3.05) is 18.9 Å². The number of nitrogens with zero attached hydrogens (tertiary/aromatic N) is 1. The molecule has 1 atom stereocenters. The summed E-state index contributed by atoms with van der Waals surface area (Å²) in [5.74, 6) is 1.04. The number of rotatable bonds is 6. The maximum Gasteiger partial charge on any atom is 0.243 e. The quantitative estimate of drug-likeness (QED) is 0.368. The van der Waals surface area contributed by atoms with Crippen LogP contribution in [0.2, 0.25) is 0 Å². The van der Waals surface area contributed by atoms with E-state index in [0.717, 1.165) is 12.1 Å². The molecule has 1 rings (SSSR count). The summed E-state index contributed by atoms with van der Waals surface area (Å²) in [7, 11) is 1.70. The molecule has 3 N–H and O–H groups in total. The van der Waals surface area contributed by atoms with Gasteiger partial charge in [0.1, 0.15) is 0 Å². The van der Waals surface area contributed by atoms with Crippen molar-refractivity contribution in [2.24, 2.45) is 10.9 Å². The normalized spacial score (nSPS) is 12.3. The van der Waals surface area contributed by atoms with Crippen LogP contribution in [0.5, 0.6) is 0 Å². The summed E-state index contributed by atoms with van der Waals surface area (Å²) in [6, 6.07) is 8.17. The number of hydrogen-bond donors (Lipinski definition) is 3. The molecule has 0 aliphatic rings. The molecule has 130 valence electrons. The SMILES string of the molecule is CCc1cccc(NC(=O)CNC(=NC)NC(C)C(C)C)c1.I. The fourth-order valence-corrected chi connectivity index (χ4v) is 1.82. The standard InChI is InChI=1S/C17H28N4O.HI/c1-6-14-8-7-9-15(10-14)21-16(22)11-19-17(18-5)20-13(4)12(2)3;/h7-10,12-13H,6,11H2,1-5H3,(H,21,22)(H2,18,19,20);1H. The predicted molar refractivity (Wildman–Crippen MR) is 109 cm³/mol. The molecule has 0 radical (unpaired) electrons. The van der Waals surface area contributed by atoms with E-state index in [0.29, 0.717) is 11.9 Å². The Labute approximate surface area is 156 Å². The first-order chi connectivity index (χ1) is 10.5. The van der Waals surface area contributed by atoms with Crippen LogP contribution in [0, 0.1) is 5.92 Å². The Balaban J connectivity index is 0.00000484. The molecule has 0 bridgehead atoms. The number of carbonyl (C=O) groups is 1. The van der Waals surface area contributed by atoms with E-state index in [2.05, 4.69) is 48.6 Å².